The lowest BCUT2D eigenvalue weighted by Gasteiger charge is -2.28. The van der Waals surface area contributed by atoms with E-state index in [1.165, 1.54) is 16.2 Å². The molecule has 0 radical (unpaired) electrons. The summed E-state index contributed by atoms with van der Waals surface area (Å²) in [6.07, 6.45) is 2.82. The second kappa shape index (κ2) is 7.73. The van der Waals surface area contributed by atoms with Crippen molar-refractivity contribution in [2.24, 2.45) is 0 Å². The zero-order chi connectivity index (χ0) is 15.2. The van der Waals surface area contributed by atoms with Gasteiger partial charge in [0.1, 0.15) is 5.54 Å². The Morgan fingerprint density at radius 1 is 1.25 bits per heavy atom. The Bertz CT molecular complexity index is 432. The van der Waals surface area contributed by atoms with E-state index in [1.807, 2.05) is 13.0 Å². The summed E-state index contributed by atoms with van der Waals surface area (Å²) in [5.41, 5.74) is -0.220. The monoisotopic (exact) mass is 301 g/mol. The third kappa shape index (κ3) is 3.79. The largest absolute Gasteiger partial charge is 0.394 e. The van der Waals surface area contributed by atoms with Crippen LogP contribution in [-0.2, 0) is 12.8 Å². The van der Waals surface area contributed by atoms with Gasteiger partial charge in [-0.25, -0.2) is 0 Å². The van der Waals surface area contributed by atoms with Crippen LogP contribution in [0.4, 0.5) is 0 Å². The molecule has 0 bridgehead atoms. The Labute approximate surface area is 123 Å². The van der Waals surface area contributed by atoms with Crippen LogP contribution in [0.3, 0.4) is 0 Å². The van der Waals surface area contributed by atoms with E-state index in [4.69, 9.17) is 0 Å². The molecule has 1 aromatic rings. The van der Waals surface area contributed by atoms with Crippen molar-refractivity contribution in [2.75, 3.05) is 19.8 Å². The van der Waals surface area contributed by atoms with Gasteiger partial charge in [0.05, 0.1) is 24.7 Å². The molecule has 0 saturated heterocycles. The van der Waals surface area contributed by atoms with E-state index in [2.05, 4.69) is 12.2 Å². The Morgan fingerprint density at radius 2 is 1.85 bits per heavy atom. The van der Waals surface area contributed by atoms with Crippen LogP contribution in [0, 0.1) is 0 Å². The average molecular weight is 301 g/mol. The van der Waals surface area contributed by atoms with Gasteiger partial charge in [-0.05, 0) is 24.5 Å². The van der Waals surface area contributed by atoms with E-state index in [1.54, 1.807) is 0 Å². The van der Waals surface area contributed by atoms with Crippen LogP contribution in [0.25, 0.3) is 0 Å². The molecule has 0 fully saturated rings. The van der Waals surface area contributed by atoms with E-state index >= 15 is 0 Å². The number of nitrogens with one attached hydrogen (secondary N) is 1. The number of aliphatic hydroxyl groups excluding tert-OH is 3. The second-order valence-electron chi connectivity index (χ2n) is 4.87. The summed E-state index contributed by atoms with van der Waals surface area (Å²) in [6.45, 7) is 2.59. The number of hydrogen-bond acceptors (Lipinski definition) is 5. The maximum Gasteiger partial charge on any atom is 0.262 e. The number of amides is 1. The molecular weight excluding hydrogens is 278 g/mol. The van der Waals surface area contributed by atoms with Gasteiger partial charge >= 0.3 is 0 Å². The van der Waals surface area contributed by atoms with E-state index in [0.29, 0.717) is 4.88 Å². The molecule has 1 aromatic heterocycles. The standard InChI is InChI=1S/C14H23NO4S/c1-3-5-11-10(4-2)6-12(20-11)13(19)15-14(7-16,8-17)9-18/h6,16-18H,3-5,7-9H2,1-2H3,(H,15,19). The minimum Gasteiger partial charge on any atom is -0.394 e. The zero-order valence-electron chi connectivity index (χ0n) is 12.0. The third-order valence-corrected chi connectivity index (χ3v) is 4.50. The molecular formula is C14H23NO4S. The lowest BCUT2D eigenvalue weighted by atomic mass is 10.0. The summed E-state index contributed by atoms with van der Waals surface area (Å²) < 4.78 is 0. The van der Waals surface area contributed by atoms with Crippen LogP contribution in [-0.4, -0.2) is 46.6 Å². The lowest BCUT2D eigenvalue weighted by Crippen LogP contribution is -2.56. The third-order valence-electron chi connectivity index (χ3n) is 3.27. The van der Waals surface area contributed by atoms with Crippen molar-refractivity contribution >= 4 is 17.2 Å². The van der Waals surface area contributed by atoms with Crippen molar-refractivity contribution in [3.8, 4) is 0 Å². The first-order valence-electron chi connectivity index (χ1n) is 6.82. The molecule has 0 aromatic carbocycles. The summed E-state index contributed by atoms with van der Waals surface area (Å²) in [4.78, 5) is 13.9. The van der Waals surface area contributed by atoms with Gasteiger partial charge in [0.25, 0.3) is 5.91 Å². The fourth-order valence-electron chi connectivity index (χ4n) is 1.89. The van der Waals surface area contributed by atoms with Crippen molar-refractivity contribution in [3.63, 3.8) is 0 Å². The molecule has 5 nitrogen and oxygen atoms in total. The Balaban J connectivity index is 2.92. The van der Waals surface area contributed by atoms with Gasteiger partial charge in [-0.1, -0.05) is 20.3 Å². The molecule has 0 aliphatic heterocycles. The minimum atomic E-state index is -1.38. The first-order valence-corrected chi connectivity index (χ1v) is 7.64. The fraction of sp³-hybridized carbons (Fsp3) is 0.643. The first-order chi connectivity index (χ1) is 9.55. The molecule has 1 heterocycles. The summed E-state index contributed by atoms with van der Waals surface area (Å²) in [6, 6.07) is 1.85. The number of aliphatic hydroxyl groups is 3. The minimum absolute atomic E-state index is 0.371. The van der Waals surface area contributed by atoms with E-state index < -0.39 is 25.4 Å². The van der Waals surface area contributed by atoms with Crippen LogP contribution in [0.5, 0.6) is 0 Å². The smallest absolute Gasteiger partial charge is 0.262 e. The fourth-order valence-corrected chi connectivity index (χ4v) is 3.14. The summed E-state index contributed by atoms with van der Waals surface area (Å²) in [5, 5.41) is 30.2. The normalized spacial score (nSPS) is 11.7. The average Bonchev–Trinajstić information content (AvgIpc) is 2.88. The topological polar surface area (TPSA) is 89.8 Å². The summed E-state index contributed by atoms with van der Waals surface area (Å²) >= 11 is 1.43. The van der Waals surface area contributed by atoms with Gasteiger partial charge in [-0.2, -0.15) is 0 Å². The highest BCUT2D eigenvalue weighted by Crippen LogP contribution is 2.25. The lowest BCUT2D eigenvalue weighted by molar-refractivity contribution is 0.0377. The molecule has 114 valence electrons. The van der Waals surface area contributed by atoms with Crippen molar-refractivity contribution in [1.82, 2.24) is 5.32 Å². The molecule has 0 spiro atoms. The number of carbonyl (C=O) groups excluding carboxylic acids is 1. The van der Waals surface area contributed by atoms with Gasteiger partial charge < -0.3 is 20.6 Å². The highest BCUT2D eigenvalue weighted by atomic mass is 32.1. The van der Waals surface area contributed by atoms with Crippen molar-refractivity contribution in [3.05, 3.63) is 21.4 Å². The Hall–Kier alpha value is -0.950. The maximum absolute atomic E-state index is 12.2. The van der Waals surface area contributed by atoms with Crippen molar-refractivity contribution < 1.29 is 20.1 Å². The maximum atomic E-state index is 12.2. The molecule has 0 saturated carbocycles. The van der Waals surface area contributed by atoms with Crippen LogP contribution in [0.15, 0.2) is 6.07 Å². The molecule has 6 heteroatoms. The number of aryl methyl sites for hydroxylation is 2. The molecule has 0 aliphatic rings. The van der Waals surface area contributed by atoms with Gasteiger partial charge in [0.15, 0.2) is 0 Å². The molecule has 1 rings (SSSR count). The predicted octanol–water partition coefficient (Wildman–Crippen LogP) is 0.708. The molecule has 0 unspecified atom stereocenters. The van der Waals surface area contributed by atoms with Crippen LogP contribution < -0.4 is 5.32 Å². The van der Waals surface area contributed by atoms with Crippen molar-refractivity contribution in [2.45, 2.75) is 38.6 Å². The van der Waals surface area contributed by atoms with E-state index in [-0.39, 0.29) is 5.91 Å². The first kappa shape index (κ1) is 17.1. The number of thiophene rings is 1. The molecule has 20 heavy (non-hydrogen) atoms. The second-order valence-corrected chi connectivity index (χ2v) is 6.01. The van der Waals surface area contributed by atoms with Gasteiger partial charge in [-0.15, -0.1) is 11.3 Å². The SMILES string of the molecule is CCCc1sc(C(=O)NC(CO)(CO)CO)cc1CC. The van der Waals surface area contributed by atoms with Gasteiger partial charge in [0, 0.05) is 4.88 Å². The van der Waals surface area contributed by atoms with Crippen LogP contribution >= 0.6 is 11.3 Å². The number of carbonyl (C=O) groups is 1. The quantitative estimate of drug-likeness (QED) is 0.569. The predicted molar refractivity (Wildman–Crippen MR) is 79.1 cm³/mol. The van der Waals surface area contributed by atoms with Crippen LogP contribution in [0.2, 0.25) is 0 Å². The highest BCUT2D eigenvalue weighted by Gasteiger charge is 2.31. The molecule has 4 N–H and O–H groups in total. The van der Waals surface area contributed by atoms with Gasteiger partial charge in [0.2, 0.25) is 0 Å². The van der Waals surface area contributed by atoms with Gasteiger partial charge in [-0.3, -0.25) is 4.79 Å². The highest BCUT2D eigenvalue weighted by molar-refractivity contribution is 7.14. The molecule has 0 aliphatic carbocycles. The number of rotatable bonds is 8. The van der Waals surface area contributed by atoms with Crippen LogP contribution in [0.1, 0.15) is 40.4 Å². The van der Waals surface area contributed by atoms with Crippen molar-refractivity contribution in [1.29, 1.82) is 0 Å². The molecule has 0 atom stereocenters. The van der Waals surface area contributed by atoms with E-state index in [9.17, 15) is 20.1 Å². The summed E-state index contributed by atoms with van der Waals surface area (Å²) in [7, 11) is 0. The Morgan fingerprint density at radius 3 is 2.30 bits per heavy atom. The zero-order valence-corrected chi connectivity index (χ0v) is 12.8. The number of hydrogen-bond donors (Lipinski definition) is 4. The summed E-state index contributed by atoms with van der Waals surface area (Å²) in [5.74, 6) is -0.371. The van der Waals surface area contributed by atoms with E-state index in [0.717, 1.165) is 24.8 Å². The Kier molecular flexibility index (Phi) is 6.61. The molecule has 1 amide bonds.